The summed E-state index contributed by atoms with van der Waals surface area (Å²) in [6.07, 6.45) is -2.24. The Bertz CT molecular complexity index is 548. The number of rotatable bonds is 3. The van der Waals surface area contributed by atoms with E-state index in [4.69, 9.17) is 11.6 Å². The Labute approximate surface area is 132 Å². The summed E-state index contributed by atoms with van der Waals surface area (Å²) < 4.78 is 38.1. The molecule has 0 saturated carbocycles. The molecule has 0 spiro atoms. The molecule has 1 amide bonds. The highest BCUT2D eigenvalue weighted by Crippen LogP contribution is 2.33. The van der Waals surface area contributed by atoms with E-state index in [-0.39, 0.29) is 23.2 Å². The average Bonchev–Trinajstić information content (AvgIpc) is 2.40. The van der Waals surface area contributed by atoms with Crippen molar-refractivity contribution in [3.8, 4) is 0 Å². The van der Waals surface area contributed by atoms with Gasteiger partial charge in [0, 0.05) is 5.92 Å². The molecule has 1 saturated heterocycles. The maximum absolute atomic E-state index is 12.7. The van der Waals surface area contributed by atoms with Gasteiger partial charge in [-0.1, -0.05) is 18.5 Å². The molecule has 2 N–H and O–H groups in total. The lowest BCUT2D eigenvalue weighted by atomic mass is 10.0. The predicted molar refractivity (Wildman–Crippen MR) is 79.0 cm³/mol. The maximum Gasteiger partial charge on any atom is 0.416 e. The van der Waals surface area contributed by atoms with Gasteiger partial charge in [0.15, 0.2) is 6.54 Å². The van der Waals surface area contributed by atoms with Gasteiger partial charge in [0.1, 0.15) is 0 Å². The maximum atomic E-state index is 12.7. The third-order valence-electron chi connectivity index (χ3n) is 3.84. The first kappa shape index (κ1) is 17.1. The van der Waals surface area contributed by atoms with Gasteiger partial charge in [0.05, 0.1) is 29.4 Å². The molecule has 0 bridgehead atoms. The lowest BCUT2D eigenvalue weighted by molar-refractivity contribution is -0.900. The molecule has 22 heavy (non-hydrogen) atoms. The first-order valence-electron chi connectivity index (χ1n) is 7.26. The number of amides is 1. The molecule has 122 valence electrons. The van der Waals surface area contributed by atoms with E-state index in [1.807, 2.05) is 0 Å². The first-order chi connectivity index (χ1) is 10.3. The standard InChI is InChI=1S/C15H18ClF3N2O/c1-10-3-2-6-21(8-10)9-14(22)20-13-7-11(15(17,18)19)4-5-12(13)16/h4-5,7,10H,2-3,6,8-9H2,1H3,(H,20,22)/p+1/t10-/m1/s1. The van der Waals surface area contributed by atoms with Crippen molar-refractivity contribution in [2.45, 2.75) is 25.9 Å². The van der Waals surface area contributed by atoms with E-state index < -0.39 is 11.7 Å². The Morgan fingerprint density at radius 3 is 2.82 bits per heavy atom. The summed E-state index contributed by atoms with van der Waals surface area (Å²) in [4.78, 5) is 13.2. The fraction of sp³-hybridized carbons (Fsp3) is 0.533. The van der Waals surface area contributed by atoms with E-state index >= 15 is 0 Å². The van der Waals surface area contributed by atoms with Crippen LogP contribution in [0.1, 0.15) is 25.3 Å². The summed E-state index contributed by atoms with van der Waals surface area (Å²) in [5.74, 6) is 0.249. The third-order valence-corrected chi connectivity index (χ3v) is 4.17. The molecule has 1 aromatic carbocycles. The summed E-state index contributed by atoms with van der Waals surface area (Å²) in [5, 5.41) is 2.59. The van der Waals surface area contributed by atoms with E-state index in [0.29, 0.717) is 5.92 Å². The molecule has 1 aromatic rings. The van der Waals surface area contributed by atoms with Crippen LogP contribution >= 0.6 is 11.6 Å². The minimum atomic E-state index is -4.46. The number of halogens is 4. The molecule has 0 aliphatic carbocycles. The SMILES string of the molecule is C[C@@H]1CCC[NH+](CC(=O)Nc2cc(C(F)(F)F)ccc2Cl)C1. The van der Waals surface area contributed by atoms with Gasteiger partial charge in [-0.2, -0.15) is 13.2 Å². The lowest BCUT2D eigenvalue weighted by Gasteiger charge is -2.27. The van der Waals surface area contributed by atoms with Crippen LogP contribution in [-0.4, -0.2) is 25.5 Å². The lowest BCUT2D eigenvalue weighted by Crippen LogP contribution is -3.14. The molecule has 7 heteroatoms. The van der Waals surface area contributed by atoms with E-state index in [2.05, 4.69) is 12.2 Å². The van der Waals surface area contributed by atoms with E-state index in [9.17, 15) is 18.0 Å². The Morgan fingerprint density at radius 2 is 2.18 bits per heavy atom. The number of hydrogen-bond donors (Lipinski definition) is 2. The number of benzene rings is 1. The fourth-order valence-corrected chi connectivity index (χ4v) is 2.94. The second-order valence-electron chi connectivity index (χ2n) is 5.87. The zero-order valence-corrected chi connectivity index (χ0v) is 13.0. The molecule has 0 aromatic heterocycles. The molecule has 1 unspecified atom stereocenters. The van der Waals surface area contributed by atoms with Gasteiger partial charge in [-0.25, -0.2) is 0 Å². The van der Waals surface area contributed by atoms with Gasteiger partial charge < -0.3 is 10.2 Å². The van der Waals surface area contributed by atoms with Crippen molar-refractivity contribution >= 4 is 23.2 Å². The van der Waals surface area contributed by atoms with Crippen molar-refractivity contribution in [3.63, 3.8) is 0 Å². The summed E-state index contributed by atoms with van der Waals surface area (Å²) >= 11 is 5.87. The van der Waals surface area contributed by atoms with Crippen LogP contribution in [0.4, 0.5) is 18.9 Å². The van der Waals surface area contributed by atoms with Crippen molar-refractivity contribution in [2.24, 2.45) is 5.92 Å². The number of piperidine rings is 1. The molecule has 1 heterocycles. The van der Waals surface area contributed by atoms with Gasteiger partial charge in [-0.3, -0.25) is 4.79 Å². The van der Waals surface area contributed by atoms with Crippen LogP contribution in [0.3, 0.4) is 0 Å². The highest BCUT2D eigenvalue weighted by atomic mass is 35.5. The van der Waals surface area contributed by atoms with Crippen LogP contribution in [0.15, 0.2) is 18.2 Å². The van der Waals surface area contributed by atoms with Crippen molar-refractivity contribution in [1.29, 1.82) is 0 Å². The smallest absolute Gasteiger partial charge is 0.327 e. The van der Waals surface area contributed by atoms with Gasteiger partial charge in [-0.15, -0.1) is 0 Å². The number of likely N-dealkylation sites (tertiary alicyclic amines) is 1. The van der Waals surface area contributed by atoms with E-state index in [1.54, 1.807) is 0 Å². The number of alkyl halides is 3. The monoisotopic (exact) mass is 335 g/mol. The van der Waals surface area contributed by atoms with Gasteiger partial charge >= 0.3 is 6.18 Å². The van der Waals surface area contributed by atoms with Crippen molar-refractivity contribution in [2.75, 3.05) is 25.0 Å². The Morgan fingerprint density at radius 1 is 1.45 bits per heavy atom. The molecule has 0 radical (unpaired) electrons. The molecule has 3 nitrogen and oxygen atoms in total. The Balaban J connectivity index is 2.02. The van der Waals surface area contributed by atoms with Crippen LogP contribution in [0.25, 0.3) is 0 Å². The van der Waals surface area contributed by atoms with Crippen LogP contribution in [-0.2, 0) is 11.0 Å². The van der Waals surface area contributed by atoms with Crippen LogP contribution < -0.4 is 10.2 Å². The molecular formula is C15H19ClF3N2O+. The van der Waals surface area contributed by atoms with E-state index in [1.165, 1.54) is 0 Å². The number of carbonyl (C=O) groups excluding carboxylic acids is 1. The van der Waals surface area contributed by atoms with E-state index in [0.717, 1.165) is 49.0 Å². The Kier molecular flexibility index (Phi) is 5.34. The predicted octanol–water partition coefficient (Wildman–Crippen LogP) is 2.61. The van der Waals surface area contributed by atoms with Crippen molar-refractivity contribution in [1.82, 2.24) is 0 Å². The van der Waals surface area contributed by atoms with Gasteiger partial charge in [0.2, 0.25) is 0 Å². The molecule has 1 fully saturated rings. The molecule has 2 rings (SSSR count). The van der Waals surface area contributed by atoms with Crippen LogP contribution in [0, 0.1) is 5.92 Å². The highest BCUT2D eigenvalue weighted by Gasteiger charge is 2.31. The molecule has 1 aliphatic rings. The number of quaternary nitrogens is 1. The number of anilines is 1. The van der Waals surface area contributed by atoms with Crippen LogP contribution in [0.2, 0.25) is 5.02 Å². The van der Waals surface area contributed by atoms with Crippen molar-refractivity contribution < 1.29 is 22.9 Å². The second-order valence-corrected chi connectivity index (χ2v) is 6.28. The van der Waals surface area contributed by atoms with Gasteiger partial charge in [0.25, 0.3) is 5.91 Å². The first-order valence-corrected chi connectivity index (χ1v) is 7.63. The summed E-state index contributed by atoms with van der Waals surface area (Å²) in [5.41, 5.74) is -0.822. The zero-order chi connectivity index (χ0) is 16.3. The highest BCUT2D eigenvalue weighted by molar-refractivity contribution is 6.33. The van der Waals surface area contributed by atoms with Crippen molar-refractivity contribution in [3.05, 3.63) is 28.8 Å². The quantitative estimate of drug-likeness (QED) is 0.874. The zero-order valence-electron chi connectivity index (χ0n) is 12.3. The number of nitrogens with one attached hydrogen (secondary N) is 2. The number of hydrogen-bond acceptors (Lipinski definition) is 1. The summed E-state index contributed by atoms with van der Waals surface area (Å²) in [7, 11) is 0. The largest absolute Gasteiger partial charge is 0.416 e. The molecule has 1 aliphatic heterocycles. The summed E-state index contributed by atoms with van der Waals surface area (Å²) in [6, 6.07) is 2.92. The molecular weight excluding hydrogens is 317 g/mol. The number of carbonyl (C=O) groups is 1. The van der Waals surface area contributed by atoms with Crippen LogP contribution in [0.5, 0.6) is 0 Å². The summed E-state index contributed by atoms with van der Waals surface area (Å²) in [6.45, 7) is 4.20. The third kappa shape index (κ3) is 4.61. The van der Waals surface area contributed by atoms with Gasteiger partial charge in [-0.05, 0) is 31.0 Å². The molecule has 2 atom stereocenters. The topological polar surface area (TPSA) is 33.5 Å². The average molecular weight is 336 g/mol. The normalized spacial score (nSPS) is 22.4. The minimum Gasteiger partial charge on any atom is -0.327 e. The second kappa shape index (κ2) is 6.87. The Hall–Kier alpha value is -1.27. The minimum absolute atomic E-state index is 0.00551. The fourth-order valence-electron chi connectivity index (χ4n) is 2.78.